The lowest BCUT2D eigenvalue weighted by Gasteiger charge is -2.27. The normalized spacial score (nSPS) is 19.8. The summed E-state index contributed by atoms with van der Waals surface area (Å²) in [4.78, 5) is 25.1. The van der Waals surface area contributed by atoms with E-state index in [2.05, 4.69) is 5.10 Å². The fraction of sp³-hybridized carbons (Fsp3) is 0.421. The number of alkyl halides is 3. The zero-order valence-corrected chi connectivity index (χ0v) is 15.2. The second-order valence-electron chi connectivity index (χ2n) is 6.86. The van der Waals surface area contributed by atoms with Gasteiger partial charge < -0.3 is 10.0 Å². The SMILES string of the molecule is CCc1c(C(=O)N2CCC(C(=O)O)(C(F)(F)F)C2)cnn1Cc1ccccc1. The minimum atomic E-state index is -4.93. The summed E-state index contributed by atoms with van der Waals surface area (Å²) in [6.07, 6.45) is -3.78. The highest BCUT2D eigenvalue weighted by Crippen LogP contribution is 2.46. The van der Waals surface area contributed by atoms with Crippen molar-refractivity contribution in [1.82, 2.24) is 14.7 Å². The molecule has 1 aliphatic heterocycles. The molecule has 9 heteroatoms. The molecular formula is C19H20F3N3O3. The predicted molar refractivity (Wildman–Crippen MR) is 93.8 cm³/mol. The molecule has 2 aromatic rings. The van der Waals surface area contributed by atoms with Gasteiger partial charge in [-0.15, -0.1) is 0 Å². The molecule has 1 aromatic carbocycles. The van der Waals surface area contributed by atoms with Crippen LogP contribution in [0.15, 0.2) is 36.5 Å². The third kappa shape index (κ3) is 3.36. The average molecular weight is 395 g/mol. The van der Waals surface area contributed by atoms with Crippen molar-refractivity contribution in [1.29, 1.82) is 0 Å². The predicted octanol–water partition coefficient (Wildman–Crippen LogP) is 2.97. The smallest absolute Gasteiger partial charge is 0.406 e. The van der Waals surface area contributed by atoms with Crippen LogP contribution in [-0.2, 0) is 17.8 Å². The van der Waals surface area contributed by atoms with Crippen molar-refractivity contribution in [2.45, 2.75) is 32.5 Å². The first-order chi connectivity index (χ1) is 13.2. The van der Waals surface area contributed by atoms with Gasteiger partial charge in [0, 0.05) is 13.1 Å². The van der Waals surface area contributed by atoms with Crippen molar-refractivity contribution in [2.24, 2.45) is 5.41 Å². The van der Waals surface area contributed by atoms with Crippen LogP contribution in [0.2, 0.25) is 0 Å². The van der Waals surface area contributed by atoms with Gasteiger partial charge in [0.15, 0.2) is 5.41 Å². The summed E-state index contributed by atoms with van der Waals surface area (Å²) in [5.41, 5.74) is -1.13. The lowest BCUT2D eigenvalue weighted by atomic mass is 9.86. The first kappa shape index (κ1) is 19.9. The molecule has 0 bridgehead atoms. The molecule has 0 aliphatic carbocycles. The minimum absolute atomic E-state index is 0.210. The number of nitrogens with zero attached hydrogens (tertiary/aromatic N) is 3. The monoisotopic (exact) mass is 395 g/mol. The van der Waals surface area contributed by atoms with Gasteiger partial charge in [0.2, 0.25) is 0 Å². The number of hydrogen-bond donors (Lipinski definition) is 1. The molecule has 150 valence electrons. The van der Waals surface area contributed by atoms with E-state index < -0.39 is 36.4 Å². The highest BCUT2D eigenvalue weighted by Gasteiger charge is 2.64. The number of halogens is 3. The number of carboxylic acid groups (broad SMARTS) is 1. The molecule has 1 amide bonds. The Morgan fingerprint density at radius 1 is 1.25 bits per heavy atom. The van der Waals surface area contributed by atoms with Gasteiger partial charge >= 0.3 is 12.1 Å². The van der Waals surface area contributed by atoms with E-state index in [4.69, 9.17) is 5.11 Å². The van der Waals surface area contributed by atoms with Crippen LogP contribution < -0.4 is 0 Å². The zero-order chi connectivity index (χ0) is 20.5. The molecule has 3 rings (SSSR count). The topological polar surface area (TPSA) is 75.4 Å². The van der Waals surface area contributed by atoms with Crippen molar-refractivity contribution in [3.63, 3.8) is 0 Å². The van der Waals surface area contributed by atoms with Crippen LogP contribution in [-0.4, -0.2) is 50.9 Å². The zero-order valence-electron chi connectivity index (χ0n) is 15.2. The van der Waals surface area contributed by atoms with Crippen LogP contribution in [0.5, 0.6) is 0 Å². The second-order valence-corrected chi connectivity index (χ2v) is 6.86. The molecule has 28 heavy (non-hydrogen) atoms. The highest BCUT2D eigenvalue weighted by atomic mass is 19.4. The lowest BCUT2D eigenvalue weighted by molar-refractivity contribution is -0.227. The van der Waals surface area contributed by atoms with Gasteiger partial charge in [-0.3, -0.25) is 14.3 Å². The van der Waals surface area contributed by atoms with Crippen molar-refractivity contribution >= 4 is 11.9 Å². The van der Waals surface area contributed by atoms with Crippen molar-refractivity contribution in [3.8, 4) is 0 Å². The molecular weight excluding hydrogens is 375 g/mol. The number of carboxylic acids is 1. The Kier molecular flexibility index (Phi) is 5.18. The number of aliphatic carboxylic acids is 1. The fourth-order valence-corrected chi connectivity index (χ4v) is 3.54. The number of carbonyl (C=O) groups excluding carboxylic acids is 1. The highest BCUT2D eigenvalue weighted by molar-refractivity contribution is 5.96. The molecule has 1 aromatic heterocycles. The Morgan fingerprint density at radius 2 is 1.93 bits per heavy atom. The van der Waals surface area contributed by atoms with Gasteiger partial charge in [-0.25, -0.2) is 0 Å². The van der Waals surface area contributed by atoms with E-state index in [-0.39, 0.29) is 12.1 Å². The van der Waals surface area contributed by atoms with Gasteiger partial charge in [0.1, 0.15) is 0 Å². The molecule has 1 fully saturated rings. The quantitative estimate of drug-likeness (QED) is 0.845. The fourth-order valence-electron chi connectivity index (χ4n) is 3.54. The summed E-state index contributed by atoms with van der Waals surface area (Å²) in [6.45, 7) is 1.10. The van der Waals surface area contributed by atoms with E-state index in [0.29, 0.717) is 18.7 Å². The summed E-state index contributed by atoms with van der Waals surface area (Å²) in [7, 11) is 0. The maximum atomic E-state index is 13.4. The van der Waals surface area contributed by atoms with Crippen LogP contribution in [0.25, 0.3) is 0 Å². The Balaban J connectivity index is 1.85. The van der Waals surface area contributed by atoms with E-state index in [1.807, 2.05) is 37.3 Å². The van der Waals surface area contributed by atoms with E-state index in [1.165, 1.54) is 6.20 Å². The molecule has 2 heterocycles. The van der Waals surface area contributed by atoms with Crippen LogP contribution >= 0.6 is 0 Å². The maximum Gasteiger partial charge on any atom is 0.406 e. The number of amides is 1. The molecule has 6 nitrogen and oxygen atoms in total. The van der Waals surface area contributed by atoms with E-state index in [1.54, 1.807) is 4.68 Å². The number of hydrogen-bond acceptors (Lipinski definition) is 3. The van der Waals surface area contributed by atoms with E-state index >= 15 is 0 Å². The molecule has 0 spiro atoms. The minimum Gasteiger partial charge on any atom is -0.481 e. The standard InChI is InChI=1S/C19H20F3N3O3/c1-2-15-14(10-23-25(15)11-13-6-4-3-5-7-13)16(26)24-9-8-18(12-24,17(27)28)19(20,21)22/h3-7,10H,2,8-9,11-12H2,1H3,(H,27,28). The first-order valence-electron chi connectivity index (χ1n) is 8.87. The largest absolute Gasteiger partial charge is 0.481 e. The molecule has 1 atom stereocenters. The van der Waals surface area contributed by atoms with Crippen LogP contribution in [0.4, 0.5) is 13.2 Å². The van der Waals surface area contributed by atoms with Crippen LogP contribution in [0.1, 0.15) is 35.0 Å². The van der Waals surface area contributed by atoms with Crippen molar-refractivity contribution < 1.29 is 27.9 Å². The van der Waals surface area contributed by atoms with Crippen molar-refractivity contribution in [2.75, 3.05) is 13.1 Å². The van der Waals surface area contributed by atoms with Gasteiger partial charge in [0.05, 0.1) is 24.0 Å². The number of rotatable bonds is 5. The van der Waals surface area contributed by atoms with E-state index in [0.717, 1.165) is 10.5 Å². The van der Waals surface area contributed by atoms with E-state index in [9.17, 15) is 22.8 Å². The summed E-state index contributed by atoms with van der Waals surface area (Å²) >= 11 is 0. The number of likely N-dealkylation sites (tertiary alicyclic amines) is 1. The average Bonchev–Trinajstić information content (AvgIpc) is 3.26. The molecule has 1 unspecified atom stereocenters. The third-order valence-corrected chi connectivity index (χ3v) is 5.20. The molecule has 1 saturated heterocycles. The number of aromatic nitrogens is 2. The Labute approximate surface area is 159 Å². The summed E-state index contributed by atoms with van der Waals surface area (Å²) < 4.78 is 41.7. The Bertz CT molecular complexity index is 880. The molecule has 1 aliphatic rings. The number of benzene rings is 1. The van der Waals surface area contributed by atoms with Gasteiger partial charge in [-0.1, -0.05) is 37.3 Å². The first-order valence-corrected chi connectivity index (χ1v) is 8.87. The Morgan fingerprint density at radius 3 is 2.46 bits per heavy atom. The molecule has 1 N–H and O–H groups in total. The summed E-state index contributed by atoms with van der Waals surface area (Å²) in [5.74, 6) is -2.57. The molecule has 0 radical (unpaired) electrons. The van der Waals surface area contributed by atoms with Gasteiger partial charge in [-0.2, -0.15) is 18.3 Å². The van der Waals surface area contributed by atoms with Gasteiger partial charge in [0.25, 0.3) is 5.91 Å². The lowest BCUT2D eigenvalue weighted by Crippen LogP contribution is -2.47. The second kappa shape index (κ2) is 7.29. The Hall–Kier alpha value is -2.84. The molecule has 0 saturated carbocycles. The van der Waals surface area contributed by atoms with Crippen molar-refractivity contribution in [3.05, 3.63) is 53.3 Å². The van der Waals surface area contributed by atoms with Gasteiger partial charge in [-0.05, 0) is 18.4 Å². The maximum absolute atomic E-state index is 13.4. The van der Waals surface area contributed by atoms with Crippen LogP contribution in [0.3, 0.4) is 0 Å². The third-order valence-electron chi connectivity index (χ3n) is 5.20. The summed E-state index contributed by atoms with van der Waals surface area (Å²) in [5, 5.41) is 13.4. The van der Waals surface area contributed by atoms with Crippen LogP contribution in [0, 0.1) is 5.41 Å². The number of carbonyl (C=O) groups is 2. The summed E-state index contributed by atoms with van der Waals surface area (Å²) in [6, 6.07) is 9.46.